The average molecular weight is 183 g/mol. The Morgan fingerprint density at radius 2 is 2.00 bits per heavy atom. The average Bonchev–Trinajstić information content (AvgIpc) is 1.99. The lowest BCUT2D eigenvalue weighted by Gasteiger charge is -2.19. The van der Waals surface area contributed by atoms with E-state index in [1.165, 1.54) is 7.11 Å². The van der Waals surface area contributed by atoms with Crippen LogP contribution in [0.3, 0.4) is 0 Å². The SMILES string of the molecule is COCCCOP(=O)([O-])OC. The fraction of sp³-hybridized carbons (Fsp3) is 1.00. The number of hydrogen-bond acceptors (Lipinski definition) is 5. The zero-order valence-electron chi connectivity index (χ0n) is 6.61. The summed E-state index contributed by atoms with van der Waals surface area (Å²) in [4.78, 5) is 10.5. The van der Waals surface area contributed by atoms with E-state index in [4.69, 9.17) is 0 Å². The molecule has 0 aliphatic rings. The van der Waals surface area contributed by atoms with Gasteiger partial charge in [-0.05, 0) is 6.42 Å². The monoisotopic (exact) mass is 183 g/mol. The zero-order valence-corrected chi connectivity index (χ0v) is 7.50. The topological polar surface area (TPSA) is 67.8 Å². The van der Waals surface area contributed by atoms with Crippen molar-refractivity contribution in [1.29, 1.82) is 0 Å². The molecule has 0 aliphatic carbocycles. The summed E-state index contributed by atoms with van der Waals surface area (Å²) < 4.78 is 23.6. The van der Waals surface area contributed by atoms with Gasteiger partial charge in [-0.1, -0.05) is 0 Å². The van der Waals surface area contributed by atoms with Gasteiger partial charge in [0, 0.05) is 20.8 Å². The van der Waals surface area contributed by atoms with Crippen molar-refractivity contribution in [2.45, 2.75) is 6.42 Å². The van der Waals surface area contributed by atoms with E-state index in [1.807, 2.05) is 0 Å². The Morgan fingerprint density at radius 3 is 2.45 bits per heavy atom. The fourth-order valence-corrected chi connectivity index (χ4v) is 0.890. The summed E-state index contributed by atoms with van der Waals surface area (Å²) in [5.74, 6) is 0. The van der Waals surface area contributed by atoms with Gasteiger partial charge in [-0.3, -0.25) is 4.57 Å². The number of hydrogen-bond donors (Lipinski definition) is 0. The summed E-state index contributed by atoms with van der Waals surface area (Å²) in [7, 11) is -1.42. The highest BCUT2D eigenvalue weighted by Crippen LogP contribution is 2.36. The molecule has 0 aromatic carbocycles. The van der Waals surface area contributed by atoms with Gasteiger partial charge >= 0.3 is 0 Å². The normalized spacial score (nSPS) is 16.3. The Hall–Kier alpha value is 0.0700. The van der Waals surface area contributed by atoms with E-state index in [0.717, 1.165) is 7.11 Å². The van der Waals surface area contributed by atoms with Crippen molar-refractivity contribution >= 4 is 7.82 Å². The van der Waals surface area contributed by atoms with Gasteiger partial charge in [-0.15, -0.1) is 0 Å². The van der Waals surface area contributed by atoms with Crippen LogP contribution in [-0.4, -0.2) is 27.4 Å². The molecule has 0 saturated heterocycles. The van der Waals surface area contributed by atoms with Gasteiger partial charge < -0.3 is 18.7 Å². The van der Waals surface area contributed by atoms with Crippen LogP contribution in [0.25, 0.3) is 0 Å². The minimum Gasteiger partial charge on any atom is -0.756 e. The first kappa shape index (κ1) is 11.1. The number of phosphoric acid groups is 1. The van der Waals surface area contributed by atoms with Crippen molar-refractivity contribution in [3.8, 4) is 0 Å². The smallest absolute Gasteiger partial charge is 0.267 e. The third kappa shape index (κ3) is 6.47. The first-order chi connectivity index (χ1) is 5.12. The molecule has 0 fully saturated rings. The minimum absolute atomic E-state index is 0.0997. The van der Waals surface area contributed by atoms with Crippen LogP contribution in [0.1, 0.15) is 6.42 Å². The Morgan fingerprint density at radius 1 is 1.36 bits per heavy atom. The van der Waals surface area contributed by atoms with E-state index >= 15 is 0 Å². The molecule has 6 heteroatoms. The molecule has 0 rings (SSSR count). The van der Waals surface area contributed by atoms with E-state index in [9.17, 15) is 9.46 Å². The largest absolute Gasteiger partial charge is 0.756 e. The Labute approximate surface area is 65.9 Å². The molecule has 11 heavy (non-hydrogen) atoms. The molecule has 1 atom stereocenters. The molecule has 5 nitrogen and oxygen atoms in total. The van der Waals surface area contributed by atoms with E-state index in [-0.39, 0.29) is 6.61 Å². The summed E-state index contributed by atoms with van der Waals surface area (Å²) in [6, 6.07) is 0. The maximum Gasteiger partial charge on any atom is 0.267 e. The lowest BCUT2D eigenvalue weighted by atomic mass is 10.5. The van der Waals surface area contributed by atoms with Crippen LogP contribution in [0.2, 0.25) is 0 Å². The summed E-state index contributed by atoms with van der Waals surface area (Å²) in [6.45, 7) is 0.576. The van der Waals surface area contributed by atoms with Gasteiger partial charge in [0.05, 0.1) is 6.61 Å². The second-order valence-corrected chi connectivity index (χ2v) is 3.33. The Balaban J connectivity index is 3.31. The molecule has 1 unspecified atom stereocenters. The highest BCUT2D eigenvalue weighted by Gasteiger charge is 2.04. The van der Waals surface area contributed by atoms with Crippen LogP contribution in [-0.2, 0) is 18.3 Å². The van der Waals surface area contributed by atoms with Crippen LogP contribution in [0.4, 0.5) is 0 Å². The second kappa shape index (κ2) is 5.69. The van der Waals surface area contributed by atoms with Gasteiger partial charge in [-0.25, -0.2) is 0 Å². The molecule has 0 aliphatic heterocycles. The Bertz CT molecular complexity index is 137. The number of ether oxygens (including phenoxy) is 1. The van der Waals surface area contributed by atoms with Crippen LogP contribution in [0.15, 0.2) is 0 Å². The van der Waals surface area contributed by atoms with E-state index in [2.05, 4.69) is 13.8 Å². The first-order valence-corrected chi connectivity index (χ1v) is 4.58. The fourth-order valence-electron chi connectivity index (χ4n) is 0.432. The van der Waals surface area contributed by atoms with Gasteiger partial charge in [0.15, 0.2) is 0 Å². The molecular formula is C5H12O5P-. The van der Waals surface area contributed by atoms with Crippen LogP contribution < -0.4 is 4.89 Å². The van der Waals surface area contributed by atoms with Crippen LogP contribution >= 0.6 is 7.82 Å². The molecule has 0 spiro atoms. The van der Waals surface area contributed by atoms with Crippen molar-refractivity contribution in [1.82, 2.24) is 0 Å². The quantitative estimate of drug-likeness (QED) is 0.433. The third-order valence-corrected chi connectivity index (χ3v) is 1.91. The molecule has 0 bridgehead atoms. The number of methoxy groups -OCH3 is 1. The summed E-state index contributed by atoms with van der Waals surface area (Å²) in [6.07, 6.45) is 0.534. The van der Waals surface area contributed by atoms with Gasteiger partial charge in [0.25, 0.3) is 7.82 Å². The summed E-state index contributed by atoms with van der Waals surface area (Å²) in [5, 5.41) is 0. The first-order valence-electron chi connectivity index (χ1n) is 3.12. The summed E-state index contributed by atoms with van der Waals surface area (Å²) >= 11 is 0. The molecule has 68 valence electrons. The molecule has 0 saturated carbocycles. The number of phosphoric ester groups is 1. The molecule has 0 radical (unpaired) electrons. The lowest BCUT2D eigenvalue weighted by Crippen LogP contribution is -2.08. The predicted octanol–water partition coefficient (Wildman–Crippen LogP) is 0.154. The second-order valence-electron chi connectivity index (χ2n) is 1.81. The molecule has 0 N–H and O–H groups in total. The summed E-state index contributed by atoms with van der Waals surface area (Å²) in [5.41, 5.74) is 0. The molecular weight excluding hydrogens is 171 g/mol. The molecule has 0 aromatic rings. The van der Waals surface area contributed by atoms with Crippen LogP contribution in [0, 0.1) is 0 Å². The van der Waals surface area contributed by atoms with Gasteiger partial charge in [0.1, 0.15) is 0 Å². The van der Waals surface area contributed by atoms with Crippen molar-refractivity contribution in [2.24, 2.45) is 0 Å². The molecule has 0 amide bonds. The predicted molar refractivity (Wildman–Crippen MR) is 37.1 cm³/mol. The van der Waals surface area contributed by atoms with Gasteiger partial charge in [-0.2, -0.15) is 0 Å². The highest BCUT2D eigenvalue weighted by atomic mass is 31.2. The zero-order chi connectivity index (χ0) is 8.74. The standard InChI is InChI=1S/C5H13O5P/c1-8-4-3-5-10-11(6,7)9-2/h3-5H2,1-2H3,(H,6,7)/p-1. The van der Waals surface area contributed by atoms with Crippen molar-refractivity contribution in [3.63, 3.8) is 0 Å². The van der Waals surface area contributed by atoms with E-state index < -0.39 is 7.82 Å². The third-order valence-electron chi connectivity index (χ3n) is 0.966. The maximum atomic E-state index is 10.5. The minimum atomic E-state index is -4.02. The molecule has 0 aromatic heterocycles. The highest BCUT2D eigenvalue weighted by molar-refractivity contribution is 7.45. The van der Waals surface area contributed by atoms with Crippen molar-refractivity contribution in [2.75, 3.05) is 27.4 Å². The van der Waals surface area contributed by atoms with E-state index in [1.54, 1.807) is 0 Å². The number of rotatable bonds is 6. The van der Waals surface area contributed by atoms with Crippen LogP contribution in [0.5, 0.6) is 0 Å². The van der Waals surface area contributed by atoms with Gasteiger partial charge in [0.2, 0.25) is 0 Å². The van der Waals surface area contributed by atoms with Crippen molar-refractivity contribution in [3.05, 3.63) is 0 Å². The Kier molecular flexibility index (Phi) is 5.72. The van der Waals surface area contributed by atoms with E-state index in [0.29, 0.717) is 13.0 Å². The lowest BCUT2D eigenvalue weighted by molar-refractivity contribution is -0.223. The van der Waals surface area contributed by atoms with Crippen molar-refractivity contribution < 1.29 is 23.2 Å². The molecule has 0 heterocycles. The maximum absolute atomic E-state index is 10.5.